The quantitative estimate of drug-likeness (QED) is 0.0297. The van der Waals surface area contributed by atoms with Crippen molar-refractivity contribution in [1.29, 1.82) is 0 Å². The average Bonchev–Trinajstić information content (AvgIpc) is 0.753. The number of amides is 3. The summed E-state index contributed by atoms with van der Waals surface area (Å²) in [4.78, 5) is 50.3. The predicted octanol–water partition coefficient (Wildman–Crippen LogP) is -19.0. The summed E-state index contributed by atoms with van der Waals surface area (Å²) < 4.78 is 81.1. The number of hydrogen-bond acceptors (Lipinski definition) is 41. The highest BCUT2D eigenvalue weighted by Gasteiger charge is 2.62. The molecule has 7 fully saturated rings. The van der Waals surface area contributed by atoms with Gasteiger partial charge in [0.15, 0.2) is 37.7 Å². The maximum atomic E-state index is 13.6. The van der Waals surface area contributed by atoms with E-state index in [0.717, 1.165) is 13.8 Å². The molecule has 562 valence electrons. The second kappa shape index (κ2) is 35.6. The Bertz CT molecular complexity index is 2470. The molecule has 7 aliphatic heterocycles. The van der Waals surface area contributed by atoms with Crippen LogP contribution < -0.4 is 21.1 Å². The molecule has 44 nitrogen and oxygen atoms in total. The van der Waals surface area contributed by atoms with Gasteiger partial charge in [-0.25, -0.2) is 0 Å². The van der Waals surface area contributed by atoms with Crippen molar-refractivity contribution in [3.8, 4) is 0 Å². The summed E-state index contributed by atoms with van der Waals surface area (Å²) in [6.45, 7) is -7.61. The van der Waals surface area contributed by atoms with Crippen molar-refractivity contribution in [3.63, 3.8) is 0 Å². The first kappa shape index (κ1) is 80.7. The zero-order valence-electron chi connectivity index (χ0n) is 51.5. The van der Waals surface area contributed by atoms with Crippen molar-refractivity contribution in [2.75, 3.05) is 59.5 Å². The van der Waals surface area contributed by atoms with E-state index in [1.807, 2.05) is 0 Å². The van der Waals surface area contributed by atoms with E-state index in [4.69, 9.17) is 66.3 Å². The third kappa shape index (κ3) is 17.9. The van der Waals surface area contributed by atoms with E-state index in [1.54, 1.807) is 0 Å². The van der Waals surface area contributed by atoms with Gasteiger partial charge >= 0.3 is 0 Å². The largest absolute Gasteiger partial charge is 0.544 e. The van der Waals surface area contributed by atoms with E-state index in [0.29, 0.717) is 0 Å². The van der Waals surface area contributed by atoms with Crippen LogP contribution in [0.2, 0.25) is 0 Å². The highest BCUT2D eigenvalue weighted by molar-refractivity contribution is 5.75. The number of rotatable bonds is 30. The Morgan fingerprint density at radius 1 is 0.474 bits per heavy atom. The number of nitrogens with one attached hydrogen (secondary N) is 3. The molecule has 0 saturated carbocycles. The number of aliphatic hydroxyl groups excluding tert-OH is 22. The van der Waals surface area contributed by atoms with Crippen LogP contribution in [-0.2, 0) is 85.5 Å². The van der Waals surface area contributed by atoms with Crippen LogP contribution in [0.25, 0.3) is 0 Å². The average molecular weight is 1420 g/mol. The lowest BCUT2D eigenvalue weighted by atomic mass is 9.88. The van der Waals surface area contributed by atoms with Gasteiger partial charge in [0.2, 0.25) is 24.0 Å². The van der Waals surface area contributed by atoms with E-state index in [-0.39, 0.29) is 6.41 Å². The normalized spacial score (nSPS) is 46.1. The summed E-state index contributed by atoms with van der Waals surface area (Å²) in [6.07, 6.45) is -72.6. The summed E-state index contributed by atoms with van der Waals surface area (Å²) in [6, 6.07) is -5.04. The summed E-state index contributed by atoms with van der Waals surface area (Å²) >= 11 is 0. The maximum Gasteiger partial charge on any atom is 0.217 e. The molecular weight excluding hydrogens is 1330 g/mol. The van der Waals surface area contributed by atoms with Crippen molar-refractivity contribution in [2.45, 2.75) is 247 Å². The van der Waals surface area contributed by atoms with Crippen LogP contribution in [-0.4, -0.2) is 422 Å². The molecule has 7 heterocycles. The summed E-state index contributed by atoms with van der Waals surface area (Å²) in [5, 5.41) is 261. The minimum absolute atomic E-state index is 0.214. The Morgan fingerprint density at radius 2 is 0.876 bits per heavy atom. The Labute approximate surface area is 548 Å². The van der Waals surface area contributed by atoms with Crippen molar-refractivity contribution < 1.29 is 203 Å². The van der Waals surface area contributed by atoms with Crippen LogP contribution in [0.5, 0.6) is 0 Å². The predicted molar refractivity (Wildman–Crippen MR) is 293 cm³/mol. The summed E-state index contributed by atoms with van der Waals surface area (Å²) in [5.41, 5.74) is 0. The van der Waals surface area contributed by atoms with Gasteiger partial charge in [-0.3, -0.25) is 14.4 Å². The topological polar surface area (TPSA) is 702 Å². The van der Waals surface area contributed by atoms with Gasteiger partial charge in [-0.1, -0.05) is 0 Å². The molecule has 3 amide bonds. The number of hydrogen-bond donors (Lipinski definition) is 25. The highest BCUT2D eigenvalue weighted by Crippen LogP contribution is 2.42. The maximum absolute atomic E-state index is 13.6. The monoisotopic (exact) mass is 1420 g/mol. The lowest BCUT2D eigenvalue weighted by Crippen LogP contribution is -2.73. The fraction of sp³-hybridized carbons (Fsp3) is 0.925. The molecular formula is C53H88N3O41-. The molecule has 0 aromatic rings. The van der Waals surface area contributed by atoms with Gasteiger partial charge in [0.25, 0.3) is 0 Å². The van der Waals surface area contributed by atoms with Gasteiger partial charge in [0.05, 0.1) is 77.6 Å². The number of aliphatic carboxylic acids is 1. The highest BCUT2D eigenvalue weighted by atomic mass is 16.8. The van der Waals surface area contributed by atoms with Gasteiger partial charge in [0.1, 0.15) is 171 Å². The summed E-state index contributed by atoms with van der Waals surface area (Å²) in [7, 11) is 0. The van der Waals surface area contributed by atoms with Crippen molar-refractivity contribution >= 4 is 24.2 Å². The van der Waals surface area contributed by atoms with Gasteiger partial charge < -0.3 is 205 Å². The molecule has 0 aromatic carbocycles. The molecule has 37 atom stereocenters. The van der Waals surface area contributed by atoms with E-state index in [1.165, 1.54) is 0 Å². The number of carboxylic acid groups (broad SMARTS) is 1. The molecule has 44 heteroatoms. The molecule has 0 spiro atoms. The van der Waals surface area contributed by atoms with Crippen LogP contribution in [0.15, 0.2) is 0 Å². The number of aliphatic hydroxyl groups is 22. The van der Waals surface area contributed by atoms with Crippen LogP contribution >= 0.6 is 0 Å². The van der Waals surface area contributed by atoms with Gasteiger partial charge in [0, 0.05) is 20.3 Å². The van der Waals surface area contributed by atoms with Crippen LogP contribution in [0.4, 0.5) is 0 Å². The summed E-state index contributed by atoms with van der Waals surface area (Å²) in [5.74, 6) is -8.04. The Hall–Kier alpha value is -3.56. The number of carbonyl (C=O) groups is 4. The van der Waals surface area contributed by atoms with Crippen molar-refractivity contribution in [1.82, 2.24) is 16.0 Å². The van der Waals surface area contributed by atoms with Crippen LogP contribution in [0, 0.1) is 0 Å². The molecule has 7 saturated heterocycles. The fourth-order valence-corrected chi connectivity index (χ4v) is 12.1. The first-order valence-electron chi connectivity index (χ1n) is 30.5. The number of ether oxygens (including phenoxy) is 14. The number of carboxylic acids is 1. The lowest BCUT2D eigenvalue weighted by molar-refractivity contribution is -0.421. The third-order valence-electron chi connectivity index (χ3n) is 17.3. The molecule has 7 aliphatic rings. The van der Waals surface area contributed by atoms with Gasteiger partial charge in [-0.2, -0.15) is 0 Å². The Morgan fingerprint density at radius 3 is 1.35 bits per heavy atom. The van der Waals surface area contributed by atoms with E-state index >= 15 is 0 Å². The smallest absolute Gasteiger partial charge is 0.217 e. The van der Waals surface area contributed by atoms with Gasteiger partial charge in [-0.15, -0.1) is 0 Å². The minimum atomic E-state index is -3.58. The molecule has 0 unspecified atom stereocenters. The van der Waals surface area contributed by atoms with E-state index in [2.05, 4.69) is 16.0 Å². The molecule has 0 bridgehead atoms. The molecule has 97 heavy (non-hydrogen) atoms. The van der Waals surface area contributed by atoms with Crippen molar-refractivity contribution in [2.24, 2.45) is 0 Å². The SMILES string of the molecule is CC(=O)N[C@H]1[C@H](O[C@@H]2[C@H](O[C@]3(C(=O)[O-])C[C@H](O)[C@@H](NC(C)=O)[C@H]([C@H](O)[C@H](O)CO)O3)[C@@H](O)[C@H](O[C@H]3[C@H](O)[C@@H](O)[C@H](OC[C@@H](CO)NC=O)O[C@@H]3CO)O[C@@H]2CO)O[C@H](CO)[C@H](O)[C@@H]1O[C@@H]1O[C@H](CO)[C@H](O)[C@H](O[C@H]2O[C@H](CO)[C@H](O)[C@H](O[C@H]3O[C@H](CO)[C@H](O)[C@H](O)[C@H]3O)[C@H]2O)[C@H]1O. The van der Waals surface area contributed by atoms with Crippen LogP contribution in [0.3, 0.4) is 0 Å². The van der Waals surface area contributed by atoms with E-state index in [9.17, 15) is 137 Å². The van der Waals surface area contributed by atoms with Crippen molar-refractivity contribution in [3.05, 3.63) is 0 Å². The first-order valence-corrected chi connectivity index (χ1v) is 30.5. The molecule has 0 aliphatic carbocycles. The molecule has 0 aromatic heterocycles. The second-order valence-electron chi connectivity index (χ2n) is 23.9. The second-order valence-corrected chi connectivity index (χ2v) is 23.9. The van der Waals surface area contributed by atoms with Crippen LogP contribution in [0.1, 0.15) is 20.3 Å². The minimum Gasteiger partial charge on any atom is -0.544 e. The standard InChI is InChI=1S/C53H89N3O41/c1-14(66)55-25-17(68)3-53(52(82)83,96-42(25)27(70)18(69)5-58)97-45-38(81)51(91-39-23(10-63)89-47(35(78)33(39)76)84-12-16(4-57)54-13-65)90-24(11-64)40(45)92-46-26(56-15(2)67)41(29(72)20(7-60)85-46)93-49-36(79)44(31(74)21(8-61)87-49)95-50-37(80)43(30(73)22(9-62)88-50)94-48-34(77)32(75)28(71)19(6-59)86-48/h13,16-51,57-64,68-81H,3-12H2,1-2H3,(H,54,65)(H,55,66)(H,56,67)(H,82,83)/p-1/t16-,17+,18-,19-,20-,21-,22-,23-,24-,25-,26-,27-,28+,29+,30+,31+,32+,33-,34-,35-,36-,37-,38-,39-,40+,41-,42-,43+,44+,45-,46+,47-,48-,49+,50-,51+,53+/m1/s1. The third-order valence-corrected chi connectivity index (χ3v) is 17.3. The first-order chi connectivity index (χ1) is 45.9. The Kier molecular flexibility index (Phi) is 29.6. The molecule has 7 rings (SSSR count). The van der Waals surface area contributed by atoms with Gasteiger partial charge in [-0.05, 0) is 0 Å². The number of carbonyl (C=O) groups excluding carboxylic acids is 4. The Balaban J connectivity index is 1.24. The van der Waals surface area contributed by atoms with E-state index < -0.39 is 310 Å². The lowest BCUT2D eigenvalue weighted by Gasteiger charge is -2.54. The molecule has 25 N–H and O–H groups in total. The molecule has 0 radical (unpaired) electrons. The fourth-order valence-electron chi connectivity index (χ4n) is 12.1. The zero-order chi connectivity index (χ0) is 71.8. The zero-order valence-corrected chi connectivity index (χ0v) is 51.5.